The number of benzene rings is 3. The SMILES string of the molecule is COc1ccc(C[C@H]2CSc3ccccc3N2Cc2ccc(OCCN(C)C)cc2)cc1. The number of methoxy groups -OCH3 is 1. The first-order chi connectivity index (χ1) is 15.6. The van der Waals surface area contributed by atoms with Gasteiger partial charge in [0.1, 0.15) is 18.1 Å². The highest BCUT2D eigenvalue weighted by molar-refractivity contribution is 7.99. The summed E-state index contributed by atoms with van der Waals surface area (Å²) in [7, 11) is 5.83. The Morgan fingerprint density at radius 1 is 0.906 bits per heavy atom. The van der Waals surface area contributed by atoms with E-state index in [1.165, 1.54) is 21.7 Å². The number of thioether (sulfide) groups is 1. The molecule has 0 N–H and O–H groups in total. The molecule has 1 heterocycles. The summed E-state index contributed by atoms with van der Waals surface area (Å²) in [6.07, 6.45) is 1.01. The van der Waals surface area contributed by atoms with Crippen LogP contribution in [0.25, 0.3) is 0 Å². The summed E-state index contributed by atoms with van der Waals surface area (Å²) >= 11 is 1.96. The molecule has 168 valence electrons. The lowest BCUT2D eigenvalue weighted by Gasteiger charge is -2.39. The number of hydrogen-bond acceptors (Lipinski definition) is 5. The Labute approximate surface area is 196 Å². The monoisotopic (exact) mass is 448 g/mol. The first-order valence-electron chi connectivity index (χ1n) is 11.1. The van der Waals surface area contributed by atoms with Gasteiger partial charge in [-0.2, -0.15) is 0 Å². The van der Waals surface area contributed by atoms with Gasteiger partial charge in [0.15, 0.2) is 0 Å². The van der Waals surface area contributed by atoms with Gasteiger partial charge in [-0.1, -0.05) is 36.4 Å². The molecule has 0 unspecified atom stereocenters. The van der Waals surface area contributed by atoms with Crippen molar-refractivity contribution >= 4 is 17.4 Å². The molecule has 4 rings (SSSR count). The lowest BCUT2D eigenvalue weighted by molar-refractivity contribution is 0.261. The van der Waals surface area contributed by atoms with Crippen LogP contribution in [0, 0.1) is 0 Å². The maximum absolute atomic E-state index is 5.87. The zero-order valence-corrected chi connectivity index (χ0v) is 20.0. The Bertz CT molecular complexity index is 989. The van der Waals surface area contributed by atoms with Crippen molar-refractivity contribution in [3.05, 3.63) is 83.9 Å². The normalized spacial score (nSPS) is 15.5. The van der Waals surface area contributed by atoms with Crippen LogP contribution in [0.2, 0.25) is 0 Å². The highest BCUT2D eigenvalue weighted by atomic mass is 32.2. The average molecular weight is 449 g/mol. The summed E-state index contributed by atoms with van der Waals surface area (Å²) in [6.45, 7) is 2.50. The number of hydrogen-bond donors (Lipinski definition) is 0. The summed E-state index contributed by atoms with van der Waals surface area (Å²) < 4.78 is 11.2. The average Bonchev–Trinajstić information content (AvgIpc) is 2.82. The predicted molar refractivity (Wildman–Crippen MR) is 134 cm³/mol. The van der Waals surface area contributed by atoms with Gasteiger partial charge in [0.05, 0.1) is 12.8 Å². The fraction of sp³-hybridized carbons (Fsp3) is 0.333. The zero-order valence-electron chi connectivity index (χ0n) is 19.2. The third-order valence-corrected chi connectivity index (χ3v) is 6.97. The summed E-state index contributed by atoms with van der Waals surface area (Å²) in [4.78, 5) is 6.06. The Morgan fingerprint density at radius 3 is 2.31 bits per heavy atom. The third kappa shape index (κ3) is 5.78. The molecule has 0 bridgehead atoms. The number of ether oxygens (including phenoxy) is 2. The molecule has 3 aromatic carbocycles. The van der Waals surface area contributed by atoms with E-state index in [0.717, 1.165) is 36.8 Å². The summed E-state index contributed by atoms with van der Waals surface area (Å²) in [5.74, 6) is 2.91. The van der Waals surface area contributed by atoms with Gasteiger partial charge in [-0.15, -0.1) is 11.8 Å². The first-order valence-corrected chi connectivity index (χ1v) is 12.1. The van der Waals surface area contributed by atoms with Crippen molar-refractivity contribution in [1.29, 1.82) is 0 Å². The number of rotatable bonds is 9. The largest absolute Gasteiger partial charge is 0.497 e. The van der Waals surface area contributed by atoms with E-state index in [1.807, 2.05) is 11.8 Å². The molecule has 1 atom stereocenters. The molecule has 0 fully saturated rings. The third-order valence-electron chi connectivity index (χ3n) is 5.76. The van der Waals surface area contributed by atoms with Crippen LogP contribution < -0.4 is 14.4 Å². The molecule has 0 amide bonds. The van der Waals surface area contributed by atoms with E-state index in [9.17, 15) is 0 Å². The number of likely N-dealkylation sites (N-methyl/N-ethyl adjacent to an activating group) is 1. The summed E-state index contributed by atoms with van der Waals surface area (Å²) in [6, 6.07) is 26.2. The number of fused-ring (bicyclic) bond motifs is 1. The quantitative estimate of drug-likeness (QED) is 0.439. The van der Waals surface area contributed by atoms with Gasteiger partial charge in [0.2, 0.25) is 0 Å². The van der Waals surface area contributed by atoms with Crippen molar-refractivity contribution < 1.29 is 9.47 Å². The number of nitrogens with zero attached hydrogens (tertiary/aromatic N) is 2. The van der Waals surface area contributed by atoms with Gasteiger partial charge < -0.3 is 19.3 Å². The first kappa shape index (κ1) is 22.6. The molecule has 0 saturated heterocycles. The van der Waals surface area contributed by atoms with Crippen molar-refractivity contribution in [2.45, 2.75) is 23.9 Å². The van der Waals surface area contributed by atoms with E-state index < -0.39 is 0 Å². The molecule has 0 aliphatic carbocycles. The predicted octanol–water partition coefficient (Wildman–Crippen LogP) is 5.36. The Morgan fingerprint density at radius 2 is 1.59 bits per heavy atom. The molecule has 1 aliphatic rings. The smallest absolute Gasteiger partial charge is 0.119 e. The van der Waals surface area contributed by atoms with Crippen LogP contribution in [-0.4, -0.2) is 51.1 Å². The molecule has 5 heteroatoms. The molecule has 3 aromatic rings. The highest BCUT2D eigenvalue weighted by Gasteiger charge is 2.27. The van der Waals surface area contributed by atoms with E-state index >= 15 is 0 Å². The van der Waals surface area contributed by atoms with Crippen LogP contribution in [-0.2, 0) is 13.0 Å². The van der Waals surface area contributed by atoms with E-state index in [0.29, 0.717) is 12.6 Å². The molecule has 1 aliphatic heterocycles. The molecule has 0 saturated carbocycles. The van der Waals surface area contributed by atoms with Crippen molar-refractivity contribution in [2.24, 2.45) is 0 Å². The minimum absolute atomic E-state index is 0.430. The second-order valence-electron chi connectivity index (χ2n) is 8.41. The Kier molecular flexibility index (Phi) is 7.61. The van der Waals surface area contributed by atoms with Gasteiger partial charge in [-0.05, 0) is 68.0 Å². The van der Waals surface area contributed by atoms with Crippen molar-refractivity contribution in [3.8, 4) is 11.5 Å². The van der Waals surface area contributed by atoms with Gasteiger partial charge in [0, 0.05) is 29.8 Å². The second-order valence-corrected chi connectivity index (χ2v) is 9.47. The molecular weight excluding hydrogens is 416 g/mol. The van der Waals surface area contributed by atoms with Gasteiger partial charge in [-0.25, -0.2) is 0 Å². The van der Waals surface area contributed by atoms with E-state index in [4.69, 9.17) is 9.47 Å². The molecule has 0 aromatic heterocycles. The van der Waals surface area contributed by atoms with Crippen LogP contribution in [0.4, 0.5) is 5.69 Å². The van der Waals surface area contributed by atoms with Crippen molar-refractivity contribution in [3.63, 3.8) is 0 Å². The minimum Gasteiger partial charge on any atom is -0.497 e. The van der Waals surface area contributed by atoms with Crippen LogP contribution in [0.15, 0.2) is 77.7 Å². The Hall–Kier alpha value is -2.63. The van der Waals surface area contributed by atoms with Gasteiger partial charge >= 0.3 is 0 Å². The summed E-state index contributed by atoms with van der Waals surface area (Å²) in [5, 5.41) is 0. The standard InChI is InChI=1S/C27H32N2O2S/c1-28(2)16-17-31-25-14-10-22(11-15-25)19-29-23(18-21-8-12-24(30-3)13-9-21)20-32-27-7-5-4-6-26(27)29/h4-15,23H,16-20H2,1-3H3/t23-/m0/s1. The topological polar surface area (TPSA) is 24.9 Å². The van der Waals surface area contributed by atoms with E-state index in [1.54, 1.807) is 7.11 Å². The number of anilines is 1. The van der Waals surface area contributed by atoms with Gasteiger partial charge in [0.25, 0.3) is 0 Å². The zero-order chi connectivity index (χ0) is 22.3. The fourth-order valence-electron chi connectivity index (χ4n) is 3.94. The lowest BCUT2D eigenvalue weighted by Crippen LogP contribution is -2.41. The molecule has 32 heavy (non-hydrogen) atoms. The highest BCUT2D eigenvalue weighted by Crippen LogP contribution is 2.39. The summed E-state index contributed by atoms with van der Waals surface area (Å²) in [5.41, 5.74) is 3.96. The lowest BCUT2D eigenvalue weighted by atomic mass is 10.0. The second kappa shape index (κ2) is 10.8. The molecule has 0 radical (unpaired) electrons. The van der Waals surface area contributed by atoms with Crippen molar-refractivity contribution in [2.75, 3.05) is 45.0 Å². The molecule has 4 nitrogen and oxygen atoms in total. The van der Waals surface area contributed by atoms with Crippen LogP contribution in [0.1, 0.15) is 11.1 Å². The maximum Gasteiger partial charge on any atom is 0.119 e. The van der Waals surface area contributed by atoms with E-state index in [-0.39, 0.29) is 0 Å². The van der Waals surface area contributed by atoms with Crippen LogP contribution in [0.5, 0.6) is 11.5 Å². The number of para-hydroxylation sites is 1. The molecular formula is C27H32N2O2S. The van der Waals surface area contributed by atoms with Crippen LogP contribution in [0.3, 0.4) is 0 Å². The Balaban J connectivity index is 1.49. The minimum atomic E-state index is 0.430. The van der Waals surface area contributed by atoms with E-state index in [2.05, 4.69) is 96.7 Å². The van der Waals surface area contributed by atoms with Crippen molar-refractivity contribution in [1.82, 2.24) is 4.90 Å². The maximum atomic E-state index is 5.87. The van der Waals surface area contributed by atoms with Gasteiger partial charge in [-0.3, -0.25) is 0 Å². The molecule has 0 spiro atoms. The van der Waals surface area contributed by atoms with Crippen LogP contribution >= 0.6 is 11.8 Å². The fourth-order valence-corrected chi connectivity index (χ4v) is 5.12.